The molecule has 3 heterocycles. The molecule has 1 aliphatic heterocycles. The Kier molecular flexibility index (Phi) is 10.8. The van der Waals surface area contributed by atoms with Crippen LogP contribution in [0.1, 0.15) is 71.6 Å². The van der Waals surface area contributed by atoms with Crippen molar-refractivity contribution in [2.75, 3.05) is 20.2 Å². The van der Waals surface area contributed by atoms with Gasteiger partial charge in [-0.15, -0.1) is 0 Å². The van der Waals surface area contributed by atoms with Crippen LogP contribution in [-0.4, -0.2) is 75.8 Å². The standard InChI is InChI=1S/C38H46FN7O4/c1-23-20-46(21-24(2)41-23)22-27-9-7-11-32(35(27)49-5)26-8-6-10-31(17-26)50-38-33(18-28(39)19-40-38)36(47)42-29-12-14-30(15-13-29)43-37(48)34-16-25(3)45(4)44-34/h6-11,16-19,23-24,29-30,41H,12-15,20-22H2,1-5H3,(H,42,47)(H,43,48)/t23-,24+,29-,30-. The van der Waals surface area contributed by atoms with Gasteiger partial charge in [-0.25, -0.2) is 9.37 Å². The summed E-state index contributed by atoms with van der Waals surface area (Å²) in [5.41, 5.74) is 4.18. The molecule has 1 saturated heterocycles. The zero-order valence-corrected chi connectivity index (χ0v) is 29.3. The summed E-state index contributed by atoms with van der Waals surface area (Å²) in [5.74, 6) is -0.0523. The average Bonchev–Trinajstić information content (AvgIpc) is 3.43. The van der Waals surface area contributed by atoms with E-state index in [0.29, 0.717) is 49.2 Å². The molecule has 4 aromatic rings. The summed E-state index contributed by atoms with van der Waals surface area (Å²) in [6.07, 6.45) is 3.74. The van der Waals surface area contributed by atoms with E-state index in [9.17, 15) is 14.0 Å². The summed E-state index contributed by atoms with van der Waals surface area (Å²) in [5, 5.41) is 13.9. The van der Waals surface area contributed by atoms with Crippen molar-refractivity contribution < 1.29 is 23.5 Å². The normalized spacial score (nSPS) is 21.0. The Morgan fingerprint density at radius 1 is 0.960 bits per heavy atom. The quantitative estimate of drug-likeness (QED) is 0.204. The number of piperazine rings is 1. The second-order valence-corrected chi connectivity index (χ2v) is 13.6. The number of aromatic nitrogens is 3. The first kappa shape index (κ1) is 35.0. The van der Waals surface area contributed by atoms with Gasteiger partial charge in [-0.3, -0.25) is 19.2 Å². The van der Waals surface area contributed by atoms with Gasteiger partial charge in [-0.1, -0.05) is 30.3 Å². The van der Waals surface area contributed by atoms with Crippen molar-refractivity contribution in [1.82, 2.24) is 35.6 Å². The van der Waals surface area contributed by atoms with E-state index in [1.165, 1.54) is 0 Å². The van der Waals surface area contributed by atoms with Crippen LogP contribution in [0.3, 0.4) is 0 Å². The van der Waals surface area contributed by atoms with Gasteiger partial charge in [0.15, 0.2) is 0 Å². The second-order valence-electron chi connectivity index (χ2n) is 13.6. The van der Waals surface area contributed by atoms with E-state index in [1.807, 2.05) is 37.3 Å². The number of amides is 2. The number of pyridine rings is 1. The Morgan fingerprint density at radius 3 is 2.30 bits per heavy atom. The Bertz CT molecular complexity index is 1810. The van der Waals surface area contributed by atoms with Crippen LogP contribution in [0, 0.1) is 12.7 Å². The van der Waals surface area contributed by atoms with Crippen molar-refractivity contribution in [3.05, 3.63) is 89.1 Å². The maximum atomic E-state index is 14.4. The number of ether oxygens (including phenoxy) is 2. The lowest BCUT2D eigenvalue weighted by molar-refractivity contribution is 0.0887. The van der Waals surface area contributed by atoms with E-state index >= 15 is 0 Å². The zero-order chi connectivity index (χ0) is 35.4. The molecule has 50 heavy (non-hydrogen) atoms. The van der Waals surface area contributed by atoms with Gasteiger partial charge in [0.2, 0.25) is 5.88 Å². The molecule has 0 unspecified atom stereocenters. The maximum Gasteiger partial charge on any atom is 0.272 e. The highest BCUT2D eigenvalue weighted by Crippen LogP contribution is 2.36. The van der Waals surface area contributed by atoms with Crippen molar-refractivity contribution in [1.29, 1.82) is 0 Å². The lowest BCUT2D eigenvalue weighted by Crippen LogP contribution is -2.53. The van der Waals surface area contributed by atoms with Gasteiger partial charge in [0.05, 0.1) is 13.3 Å². The molecule has 2 atom stereocenters. The number of methoxy groups -OCH3 is 1. The van der Waals surface area contributed by atoms with Gasteiger partial charge in [0, 0.05) is 67.7 Å². The maximum absolute atomic E-state index is 14.4. The Labute approximate surface area is 292 Å². The summed E-state index contributed by atoms with van der Waals surface area (Å²) in [6.45, 7) is 8.97. The van der Waals surface area contributed by atoms with Gasteiger partial charge in [0.25, 0.3) is 11.8 Å². The SMILES string of the molecule is COc1c(CN2C[C@@H](C)N[C@@H](C)C2)cccc1-c1cccc(Oc2ncc(F)cc2C(=O)N[C@H]2CC[C@H](NC(=O)c3cc(C)n(C)n3)CC2)c1. The van der Waals surface area contributed by atoms with Crippen LogP contribution in [0.4, 0.5) is 4.39 Å². The minimum atomic E-state index is -0.637. The molecule has 2 aliphatic rings. The van der Waals surface area contributed by atoms with Gasteiger partial charge < -0.3 is 25.4 Å². The summed E-state index contributed by atoms with van der Waals surface area (Å²) in [6, 6.07) is 17.2. The molecule has 0 spiro atoms. The van der Waals surface area contributed by atoms with Crippen LogP contribution in [0.15, 0.2) is 60.8 Å². The number of carbonyl (C=O) groups excluding carboxylic acids is 2. The number of carbonyl (C=O) groups is 2. The number of benzene rings is 2. The number of para-hydroxylation sites is 1. The molecule has 6 rings (SSSR count). The first-order valence-electron chi connectivity index (χ1n) is 17.3. The summed E-state index contributed by atoms with van der Waals surface area (Å²) in [4.78, 5) is 32.7. The topological polar surface area (TPSA) is 123 Å². The van der Waals surface area contributed by atoms with Crippen LogP contribution < -0.4 is 25.4 Å². The molecule has 1 aliphatic carbocycles. The van der Waals surface area contributed by atoms with Gasteiger partial charge >= 0.3 is 0 Å². The molecule has 11 nitrogen and oxygen atoms in total. The third-order valence-corrected chi connectivity index (χ3v) is 9.49. The number of aryl methyl sites for hydroxylation is 2. The predicted molar refractivity (Wildman–Crippen MR) is 189 cm³/mol. The molecule has 2 amide bonds. The molecular weight excluding hydrogens is 637 g/mol. The van der Waals surface area contributed by atoms with Gasteiger partial charge in [0.1, 0.15) is 28.6 Å². The Morgan fingerprint density at radius 2 is 1.64 bits per heavy atom. The largest absolute Gasteiger partial charge is 0.496 e. The van der Waals surface area contributed by atoms with Crippen LogP contribution >= 0.6 is 0 Å². The van der Waals surface area contributed by atoms with Crippen LogP contribution in [-0.2, 0) is 13.6 Å². The van der Waals surface area contributed by atoms with Crippen molar-refractivity contribution in [2.24, 2.45) is 7.05 Å². The first-order chi connectivity index (χ1) is 24.1. The zero-order valence-electron chi connectivity index (χ0n) is 29.3. The fourth-order valence-corrected chi connectivity index (χ4v) is 7.07. The summed E-state index contributed by atoms with van der Waals surface area (Å²) in [7, 11) is 3.49. The van der Waals surface area contributed by atoms with Crippen LogP contribution in [0.5, 0.6) is 17.4 Å². The number of nitrogens with zero attached hydrogens (tertiary/aromatic N) is 4. The number of hydrogen-bond donors (Lipinski definition) is 3. The lowest BCUT2D eigenvalue weighted by Gasteiger charge is -2.36. The number of nitrogens with one attached hydrogen (secondary N) is 3. The fraction of sp³-hybridized carbons (Fsp3) is 0.421. The first-order valence-corrected chi connectivity index (χ1v) is 17.3. The molecule has 2 aromatic carbocycles. The van der Waals surface area contributed by atoms with Crippen LogP contribution in [0.2, 0.25) is 0 Å². The van der Waals surface area contributed by atoms with Crippen molar-refractivity contribution in [3.8, 4) is 28.5 Å². The smallest absolute Gasteiger partial charge is 0.272 e. The van der Waals surface area contributed by atoms with E-state index in [2.05, 4.69) is 50.8 Å². The molecule has 0 radical (unpaired) electrons. The van der Waals surface area contributed by atoms with Crippen molar-refractivity contribution in [3.63, 3.8) is 0 Å². The number of halogens is 1. The van der Waals surface area contributed by atoms with E-state index < -0.39 is 11.7 Å². The second kappa shape index (κ2) is 15.4. The lowest BCUT2D eigenvalue weighted by atomic mass is 9.91. The molecule has 2 fully saturated rings. The van der Waals surface area contributed by atoms with E-state index in [-0.39, 0.29) is 29.4 Å². The van der Waals surface area contributed by atoms with E-state index in [0.717, 1.165) is 60.0 Å². The van der Waals surface area contributed by atoms with Crippen LogP contribution in [0.25, 0.3) is 11.1 Å². The monoisotopic (exact) mass is 683 g/mol. The molecule has 2 aromatic heterocycles. The van der Waals surface area contributed by atoms with Gasteiger partial charge in [-0.2, -0.15) is 5.10 Å². The molecule has 1 saturated carbocycles. The number of rotatable bonds is 10. The fourth-order valence-electron chi connectivity index (χ4n) is 7.07. The minimum absolute atomic E-state index is 0.00955. The molecule has 264 valence electrons. The third-order valence-electron chi connectivity index (χ3n) is 9.49. The number of hydrogen-bond acceptors (Lipinski definition) is 8. The van der Waals surface area contributed by atoms with E-state index in [4.69, 9.17) is 9.47 Å². The Hall–Kier alpha value is -4.81. The minimum Gasteiger partial charge on any atom is -0.496 e. The molecule has 3 N–H and O–H groups in total. The van der Waals surface area contributed by atoms with Crippen molar-refractivity contribution >= 4 is 11.8 Å². The average molecular weight is 684 g/mol. The van der Waals surface area contributed by atoms with Gasteiger partial charge in [-0.05, 0) is 76.3 Å². The molecule has 12 heteroatoms. The van der Waals surface area contributed by atoms with E-state index in [1.54, 1.807) is 31.0 Å². The molecule has 0 bridgehead atoms. The van der Waals surface area contributed by atoms with Crippen molar-refractivity contribution in [2.45, 2.75) is 77.2 Å². The summed E-state index contributed by atoms with van der Waals surface area (Å²) >= 11 is 0. The highest BCUT2D eigenvalue weighted by atomic mass is 19.1. The molecular formula is C38H46FN7O4. The summed E-state index contributed by atoms with van der Waals surface area (Å²) < 4.78 is 28.2. The third kappa shape index (κ3) is 8.31. The predicted octanol–water partition coefficient (Wildman–Crippen LogP) is 5.38. The Balaban J connectivity index is 1.12. The highest BCUT2D eigenvalue weighted by molar-refractivity contribution is 5.96. The highest BCUT2D eigenvalue weighted by Gasteiger charge is 2.27.